The van der Waals surface area contributed by atoms with Crippen molar-refractivity contribution in [2.75, 3.05) is 31.2 Å². The molecule has 124 valence electrons. The van der Waals surface area contributed by atoms with Crippen molar-refractivity contribution in [3.63, 3.8) is 0 Å². The van der Waals surface area contributed by atoms with Crippen molar-refractivity contribution < 1.29 is 19.1 Å². The van der Waals surface area contributed by atoms with Crippen LogP contribution in [0, 0.1) is 0 Å². The lowest BCUT2D eigenvalue weighted by Crippen LogP contribution is -2.53. The molecule has 3 rings (SSSR count). The monoisotopic (exact) mass is 318 g/mol. The number of amides is 2. The summed E-state index contributed by atoms with van der Waals surface area (Å²) in [7, 11) is 0. The summed E-state index contributed by atoms with van der Waals surface area (Å²) in [5.74, 6) is 0.504. The van der Waals surface area contributed by atoms with Crippen molar-refractivity contribution in [2.24, 2.45) is 0 Å². The van der Waals surface area contributed by atoms with Crippen LogP contribution in [0.1, 0.15) is 20.3 Å². The van der Waals surface area contributed by atoms with E-state index in [4.69, 9.17) is 9.47 Å². The maximum Gasteiger partial charge on any atom is 0.243 e. The number of carbonyl (C=O) groups excluding carboxylic acids is 2. The number of para-hydroxylation sites is 2. The number of morpholine rings is 1. The van der Waals surface area contributed by atoms with E-state index in [0.29, 0.717) is 31.2 Å². The van der Waals surface area contributed by atoms with Crippen LogP contribution in [0.3, 0.4) is 0 Å². The number of ether oxygens (including phenoxy) is 2. The highest BCUT2D eigenvalue weighted by molar-refractivity contribution is 6.00. The van der Waals surface area contributed by atoms with Crippen LogP contribution in [0.15, 0.2) is 24.3 Å². The Hall–Kier alpha value is -2.08. The fourth-order valence-corrected chi connectivity index (χ4v) is 2.97. The van der Waals surface area contributed by atoms with Gasteiger partial charge in [0.05, 0.1) is 37.5 Å². The van der Waals surface area contributed by atoms with Gasteiger partial charge in [0.25, 0.3) is 0 Å². The first-order chi connectivity index (χ1) is 11.1. The second kappa shape index (κ2) is 6.58. The van der Waals surface area contributed by atoms with Gasteiger partial charge in [-0.25, -0.2) is 0 Å². The molecule has 6 nitrogen and oxygen atoms in total. The van der Waals surface area contributed by atoms with Crippen LogP contribution in [0.5, 0.6) is 5.75 Å². The molecule has 2 heterocycles. The van der Waals surface area contributed by atoms with E-state index in [2.05, 4.69) is 0 Å². The highest BCUT2D eigenvalue weighted by Crippen LogP contribution is 2.31. The number of nitrogens with zero attached hydrogens (tertiary/aromatic N) is 2. The van der Waals surface area contributed by atoms with Gasteiger partial charge in [-0.2, -0.15) is 0 Å². The molecule has 2 aliphatic heterocycles. The molecule has 1 saturated heterocycles. The van der Waals surface area contributed by atoms with Crippen LogP contribution in [0.4, 0.5) is 5.69 Å². The number of hydrogen-bond donors (Lipinski definition) is 0. The van der Waals surface area contributed by atoms with Crippen molar-refractivity contribution in [3.8, 4) is 5.75 Å². The number of carbonyl (C=O) groups is 2. The second-order valence-electron chi connectivity index (χ2n) is 6.09. The molecule has 2 amide bonds. The zero-order valence-electron chi connectivity index (χ0n) is 13.5. The van der Waals surface area contributed by atoms with Gasteiger partial charge in [-0.1, -0.05) is 12.1 Å². The molecule has 0 spiro atoms. The molecule has 0 unspecified atom stereocenters. The molecule has 1 aromatic carbocycles. The Morgan fingerprint density at radius 3 is 2.91 bits per heavy atom. The van der Waals surface area contributed by atoms with Gasteiger partial charge < -0.3 is 14.4 Å². The molecular formula is C17H22N2O4. The molecule has 0 radical (unpaired) electrons. The summed E-state index contributed by atoms with van der Waals surface area (Å²) in [6.07, 6.45) is 0.294. The molecular weight excluding hydrogens is 296 g/mol. The van der Waals surface area contributed by atoms with Crippen LogP contribution < -0.4 is 9.64 Å². The van der Waals surface area contributed by atoms with Gasteiger partial charge in [0, 0.05) is 6.54 Å². The Bertz CT molecular complexity index is 604. The topological polar surface area (TPSA) is 59.1 Å². The Morgan fingerprint density at radius 1 is 1.30 bits per heavy atom. The van der Waals surface area contributed by atoms with E-state index in [1.165, 1.54) is 4.90 Å². The Labute approximate surface area is 136 Å². The summed E-state index contributed by atoms with van der Waals surface area (Å²) in [5, 5.41) is 0. The molecule has 6 heteroatoms. The summed E-state index contributed by atoms with van der Waals surface area (Å²) in [6.45, 7) is 5.37. The van der Waals surface area contributed by atoms with E-state index < -0.39 is 0 Å². The largest absolute Gasteiger partial charge is 0.491 e. The Kier molecular flexibility index (Phi) is 4.52. The lowest BCUT2D eigenvalue weighted by molar-refractivity contribution is -0.142. The van der Waals surface area contributed by atoms with Gasteiger partial charge in [-0.15, -0.1) is 0 Å². The lowest BCUT2D eigenvalue weighted by atomic mass is 10.2. The first-order valence-corrected chi connectivity index (χ1v) is 7.99. The molecule has 0 aliphatic carbocycles. The number of benzene rings is 1. The predicted molar refractivity (Wildman–Crippen MR) is 85.5 cm³/mol. The van der Waals surface area contributed by atoms with Crippen molar-refractivity contribution >= 4 is 17.5 Å². The number of fused-ring (bicyclic) bond motifs is 1. The SMILES string of the molecule is C[C@@H]1CN(C(=O)CN2C(=O)CCOc3ccccc32)[C@H](C)CO1. The zero-order valence-corrected chi connectivity index (χ0v) is 13.5. The molecule has 2 atom stereocenters. The zero-order chi connectivity index (χ0) is 16.4. The minimum Gasteiger partial charge on any atom is -0.491 e. The average molecular weight is 318 g/mol. The van der Waals surface area contributed by atoms with E-state index in [-0.39, 0.29) is 36.9 Å². The van der Waals surface area contributed by atoms with E-state index >= 15 is 0 Å². The average Bonchev–Trinajstić information content (AvgIpc) is 2.69. The Balaban J connectivity index is 1.80. The van der Waals surface area contributed by atoms with Gasteiger partial charge in [-0.05, 0) is 26.0 Å². The predicted octanol–water partition coefficient (Wildman–Crippen LogP) is 1.44. The van der Waals surface area contributed by atoms with E-state index in [1.54, 1.807) is 4.90 Å². The molecule has 1 aromatic rings. The third-order valence-electron chi connectivity index (χ3n) is 4.25. The Morgan fingerprint density at radius 2 is 2.09 bits per heavy atom. The highest BCUT2D eigenvalue weighted by Gasteiger charge is 2.31. The summed E-state index contributed by atoms with van der Waals surface area (Å²) < 4.78 is 11.2. The standard InChI is InChI=1S/C17H22N2O4/c1-12-11-23-13(2)9-18(12)17(21)10-19-14-5-3-4-6-15(14)22-8-7-16(19)20/h3-6,12-13H,7-11H2,1-2H3/t12-,13-/m1/s1. The summed E-state index contributed by atoms with van der Waals surface area (Å²) in [6, 6.07) is 7.37. The third-order valence-corrected chi connectivity index (χ3v) is 4.25. The van der Waals surface area contributed by atoms with Crippen molar-refractivity contribution in [1.82, 2.24) is 4.90 Å². The first kappa shape index (κ1) is 15.8. The van der Waals surface area contributed by atoms with Crippen LogP contribution in [0.25, 0.3) is 0 Å². The lowest BCUT2D eigenvalue weighted by Gasteiger charge is -2.37. The van der Waals surface area contributed by atoms with Crippen molar-refractivity contribution in [3.05, 3.63) is 24.3 Å². The van der Waals surface area contributed by atoms with E-state index in [0.717, 1.165) is 0 Å². The van der Waals surface area contributed by atoms with Gasteiger partial charge >= 0.3 is 0 Å². The van der Waals surface area contributed by atoms with Crippen molar-refractivity contribution in [1.29, 1.82) is 0 Å². The fraction of sp³-hybridized carbons (Fsp3) is 0.529. The van der Waals surface area contributed by atoms with E-state index in [1.807, 2.05) is 38.1 Å². The quantitative estimate of drug-likeness (QED) is 0.828. The summed E-state index contributed by atoms with van der Waals surface area (Å²) >= 11 is 0. The molecule has 0 saturated carbocycles. The maximum absolute atomic E-state index is 12.7. The number of hydrogen-bond acceptors (Lipinski definition) is 4. The first-order valence-electron chi connectivity index (χ1n) is 7.99. The number of rotatable bonds is 2. The molecule has 0 aromatic heterocycles. The number of anilines is 1. The van der Waals surface area contributed by atoms with Crippen LogP contribution in [-0.4, -0.2) is 55.2 Å². The van der Waals surface area contributed by atoms with Gasteiger partial charge in [0.2, 0.25) is 11.8 Å². The summed E-state index contributed by atoms with van der Waals surface area (Å²) in [5.41, 5.74) is 0.664. The van der Waals surface area contributed by atoms with E-state index in [9.17, 15) is 9.59 Å². The highest BCUT2D eigenvalue weighted by atomic mass is 16.5. The minimum atomic E-state index is -0.0859. The summed E-state index contributed by atoms with van der Waals surface area (Å²) in [4.78, 5) is 28.5. The molecule has 0 bridgehead atoms. The fourth-order valence-electron chi connectivity index (χ4n) is 2.97. The smallest absolute Gasteiger partial charge is 0.243 e. The normalized spacial score (nSPS) is 24.7. The van der Waals surface area contributed by atoms with Gasteiger partial charge in [-0.3, -0.25) is 14.5 Å². The van der Waals surface area contributed by atoms with Crippen LogP contribution in [0.2, 0.25) is 0 Å². The van der Waals surface area contributed by atoms with Crippen LogP contribution >= 0.6 is 0 Å². The third kappa shape index (κ3) is 3.32. The van der Waals surface area contributed by atoms with Crippen LogP contribution in [-0.2, 0) is 14.3 Å². The molecule has 2 aliphatic rings. The van der Waals surface area contributed by atoms with Crippen molar-refractivity contribution in [2.45, 2.75) is 32.4 Å². The second-order valence-corrected chi connectivity index (χ2v) is 6.09. The molecule has 1 fully saturated rings. The molecule has 0 N–H and O–H groups in total. The minimum absolute atomic E-state index is 0.0191. The maximum atomic E-state index is 12.7. The van der Waals surface area contributed by atoms with Gasteiger partial charge in [0.15, 0.2) is 0 Å². The van der Waals surface area contributed by atoms with Gasteiger partial charge in [0.1, 0.15) is 12.3 Å². The molecule has 23 heavy (non-hydrogen) atoms.